The van der Waals surface area contributed by atoms with Gasteiger partial charge in [-0.25, -0.2) is 9.97 Å². The van der Waals surface area contributed by atoms with Crippen LogP contribution < -0.4 is 0 Å². The van der Waals surface area contributed by atoms with Crippen molar-refractivity contribution < 1.29 is 0 Å². The molecule has 0 amide bonds. The second kappa shape index (κ2) is 6.83. The number of allylic oxidation sites excluding steroid dienone is 2. The van der Waals surface area contributed by atoms with Crippen LogP contribution in [-0.2, 0) is 0 Å². The summed E-state index contributed by atoms with van der Waals surface area (Å²) < 4.78 is 0. The Hall–Kier alpha value is -1.44. The van der Waals surface area contributed by atoms with Crippen molar-refractivity contribution in [3.05, 3.63) is 93.2 Å². The van der Waals surface area contributed by atoms with Crippen molar-refractivity contribution in [2.45, 2.75) is 0 Å². The van der Waals surface area contributed by atoms with Gasteiger partial charge >= 0.3 is 0 Å². The second-order valence-corrected chi connectivity index (χ2v) is 4.63. The molecule has 2 aliphatic carbocycles. The van der Waals surface area contributed by atoms with Crippen molar-refractivity contribution in [3.8, 4) is 0 Å². The minimum atomic E-state index is 0.383. The van der Waals surface area contributed by atoms with Gasteiger partial charge in [0.2, 0.25) is 0 Å². The van der Waals surface area contributed by atoms with Crippen LogP contribution in [0.15, 0.2) is 24.5 Å². The maximum atomic E-state index is 4.27. The van der Waals surface area contributed by atoms with Crippen LogP contribution in [0.4, 0.5) is 0 Å². The van der Waals surface area contributed by atoms with Gasteiger partial charge in [-0.3, -0.25) is 0 Å². The zero-order valence-corrected chi connectivity index (χ0v) is 11.1. The second-order valence-electron chi connectivity index (χ2n) is 4.63. The molecule has 0 aromatic carbocycles. The third-order valence-electron chi connectivity index (χ3n) is 3.11. The van der Waals surface area contributed by atoms with Crippen molar-refractivity contribution in [1.29, 1.82) is 0 Å². The standard InChI is InChI=1S/C18H15N2/c1-2-6-15(5-1)9-11-17-13-18(20-14-19-17)12-10-16-7-3-4-8-16/h1-15H/b11-9+,12-10+. The fourth-order valence-corrected chi connectivity index (χ4v) is 2.04. The maximum absolute atomic E-state index is 4.27. The van der Waals surface area contributed by atoms with Crippen LogP contribution in [0.5, 0.6) is 0 Å². The molecule has 0 bridgehead atoms. The zero-order chi connectivity index (χ0) is 13.6. The maximum Gasteiger partial charge on any atom is 0.116 e. The van der Waals surface area contributed by atoms with Crippen LogP contribution in [0.3, 0.4) is 0 Å². The van der Waals surface area contributed by atoms with E-state index in [9.17, 15) is 0 Å². The van der Waals surface area contributed by atoms with Gasteiger partial charge in [0.15, 0.2) is 0 Å². The smallest absolute Gasteiger partial charge is 0.116 e. The molecule has 2 saturated carbocycles. The highest BCUT2D eigenvalue weighted by Crippen LogP contribution is 2.25. The first-order chi connectivity index (χ1) is 9.90. The fourth-order valence-electron chi connectivity index (χ4n) is 2.04. The topological polar surface area (TPSA) is 25.8 Å². The Bertz CT molecular complexity index is 437. The van der Waals surface area contributed by atoms with E-state index in [4.69, 9.17) is 0 Å². The molecule has 0 atom stereocenters. The summed E-state index contributed by atoms with van der Waals surface area (Å²) in [5, 5.41) is 0. The molecule has 2 heteroatoms. The minimum Gasteiger partial charge on any atom is -0.237 e. The van der Waals surface area contributed by atoms with Gasteiger partial charge in [0, 0.05) is 5.92 Å². The Morgan fingerprint density at radius 3 is 2.25 bits per heavy atom. The van der Waals surface area contributed by atoms with Crippen LogP contribution in [0, 0.1) is 63.2 Å². The van der Waals surface area contributed by atoms with Crippen LogP contribution in [-0.4, -0.2) is 9.97 Å². The van der Waals surface area contributed by atoms with Crippen LogP contribution in [0.25, 0.3) is 12.2 Å². The molecule has 97 valence electrons. The highest BCUT2D eigenvalue weighted by atomic mass is 14.8. The fraction of sp³-hybridized carbons (Fsp3) is 0.0556. The monoisotopic (exact) mass is 259 g/mol. The molecule has 3 rings (SSSR count). The Kier molecular flexibility index (Phi) is 4.62. The molecule has 0 N–H and O–H groups in total. The van der Waals surface area contributed by atoms with E-state index in [0.29, 0.717) is 5.92 Å². The van der Waals surface area contributed by atoms with Gasteiger partial charge < -0.3 is 0 Å². The summed E-state index contributed by atoms with van der Waals surface area (Å²) in [6, 6.07) is 1.98. The molecule has 0 spiro atoms. The lowest BCUT2D eigenvalue weighted by atomic mass is 10.1. The lowest BCUT2D eigenvalue weighted by molar-refractivity contribution is 0.982. The molecule has 20 heavy (non-hydrogen) atoms. The molecular weight excluding hydrogens is 244 g/mol. The largest absolute Gasteiger partial charge is 0.237 e. The molecule has 9 radical (unpaired) electrons. The minimum absolute atomic E-state index is 0.383. The highest BCUT2D eigenvalue weighted by Gasteiger charge is 2.13. The Balaban J connectivity index is 1.62. The molecule has 0 unspecified atom stereocenters. The van der Waals surface area contributed by atoms with E-state index in [1.54, 1.807) is 6.33 Å². The molecule has 0 saturated heterocycles. The van der Waals surface area contributed by atoms with E-state index in [-0.39, 0.29) is 0 Å². The van der Waals surface area contributed by atoms with Crippen LogP contribution in [0.1, 0.15) is 11.4 Å². The first-order valence-electron chi connectivity index (χ1n) is 6.65. The number of hydrogen-bond donors (Lipinski definition) is 0. The summed E-state index contributed by atoms with van der Waals surface area (Å²) in [6.45, 7) is 0. The quantitative estimate of drug-likeness (QED) is 0.828. The first-order valence-corrected chi connectivity index (χ1v) is 6.65. The Labute approximate surface area is 122 Å². The molecular formula is C18H15N2. The lowest BCUT2D eigenvalue weighted by Crippen LogP contribution is -1.91. The van der Waals surface area contributed by atoms with E-state index >= 15 is 0 Å². The predicted molar refractivity (Wildman–Crippen MR) is 81.2 cm³/mol. The van der Waals surface area contributed by atoms with Crippen molar-refractivity contribution in [3.63, 3.8) is 0 Å². The summed E-state index contributed by atoms with van der Waals surface area (Å²) in [7, 11) is 0. The van der Waals surface area contributed by atoms with Crippen LogP contribution in [0.2, 0.25) is 0 Å². The van der Waals surface area contributed by atoms with Crippen molar-refractivity contribution in [2.75, 3.05) is 0 Å². The van der Waals surface area contributed by atoms with Gasteiger partial charge in [-0.15, -0.1) is 0 Å². The average molecular weight is 259 g/mol. The van der Waals surface area contributed by atoms with Gasteiger partial charge in [0.1, 0.15) is 6.33 Å². The Morgan fingerprint density at radius 2 is 1.50 bits per heavy atom. The Morgan fingerprint density at radius 1 is 0.800 bits per heavy atom. The number of rotatable bonds is 4. The summed E-state index contributed by atoms with van der Waals surface area (Å²) >= 11 is 0. The number of nitrogens with zero attached hydrogens (tertiary/aromatic N) is 2. The van der Waals surface area contributed by atoms with Gasteiger partial charge in [0.25, 0.3) is 0 Å². The molecule has 1 aromatic heterocycles. The van der Waals surface area contributed by atoms with Gasteiger partial charge in [-0.05, 0) is 75.5 Å². The number of aromatic nitrogens is 2. The molecule has 1 heterocycles. The van der Waals surface area contributed by atoms with Crippen molar-refractivity contribution in [1.82, 2.24) is 9.97 Å². The molecule has 1 aromatic rings. The SMILES string of the molecule is [CH]1[CH][CH][C](/C=C/c2cc(/C=C/C3[CH][CH][CH][CH]3)ncn2)[CH]1. The normalized spacial score (nSPS) is 21.6. The lowest BCUT2D eigenvalue weighted by Gasteiger charge is -2.01. The van der Waals surface area contributed by atoms with Gasteiger partial charge in [-0.2, -0.15) is 0 Å². The highest BCUT2D eigenvalue weighted by molar-refractivity contribution is 5.57. The van der Waals surface area contributed by atoms with Gasteiger partial charge in [0.05, 0.1) is 11.4 Å². The molecule has 0 aliphatic heterocycles. The zero-order valence-electron chi connectivity index (χ0n) is 11.1. The third kappa shape index (κ3) is 3.78. The predicted octanol–water partition coefficient (Wildman–Crippen LogP) is 3.36. The van der Waals surface area contributed by atoms with Gasteiger partial charge in [-0.1, -0.05) is 12.2 Å². The van der Waals surface area contributed by atoms with E-state index in [1.165, 1.54) is 5.92 Å². The summed E-state index contributed by atoms with van der Waals surface area (Å²) in [6.07, 6.45) is 26.4. The molecule has 2 aliphatic rings. The average Bonchev–Trinajstić information content (AvgIpc) is 3.17. The summed E-state index contributed by atoms with van der Waals surface area (Å²) in [5.74, 6) is 1.57. The van der Waals surface area contributed by atoms with Crippen molar-refractivity contribution in [2.24, 2.45) is 5.92 Å². The molecule has 2 nitrogen and oxygen atoms in total. The summed E-state index contributed by atoms with van der Waals surface area (Å²) in [5.41, 5.74) is 1.84. The third-order valence-corrected chi connectivity index (χ3v) is 3.11. The van der Waals surface area contributed by atoms with E-state index in [1.807, 2.05) is 31.1 Å². The summed E-state index contributed by atoms with van der Waals surface area (Å²) in [4.78, 5) is 8.52. The van der Waals surface area contributed by atoms with E-state index in [2.05, 4.69) is 60.6 Å². The molecule has 2 fully saturated rings. The van der Waals surface area contributed by atoms with E-state index in [0.717, 1.165) is 11.4 Å². The number of hydrogen-bond acceptors (Lipinski definition) is 2. The van der Waals surface area contributed by atoms with Crippen molar-refractivity contribution >= 4 is 12.2 Å². The van der Waals surface area contributed by atoms with E-state index < -0.39 is 0 Å². The first kappa shape index (κ1) is 13.5. The van der Waals surface area contributed by atoms with Crippen LogP contribution >= 0.6 is 0 Å².